The van der Waals surface area contributed by atoms with Gasteiger partial charge in [0.05, 0.1) is 18.9 Å². The summed E-state index contributed by atoms with van der Waals surface area (Å²) in [5.74, 6) is 2.66. The first-order chi connectivity index (χ1) is 17.1. The lowest BCUT2D eigenvalue weighted by atomic mass is 10.1. The number of hydrogen-bond donors (Lipinski definition) is 0. The van der Waals surface area contributed by atoms with Gasteiger partial charge in [-0.05, 0) is 81.4 Å². The number of likely N-dealkylation sites (tertiary alicyclic amines) is 1. The first kappa shape index (κ1) is 23.6. The summed E-state index contributed by atoms with van der Waals surface area (Å²) in [6.45, 7) is 4.26. The summed E-state index contributed by atoms with van der Waals surface area (Å²) in [4.78, 5) is 2.44. The van der Waals surface area contributed by atoms with Gasteiger partial charge in [-0.3, -0.25) is 9.47 Å². The molecule has 1 atom stereocenters. The van der Waals surface area contributed by atoms with Gasteiger partial charge in [-0.1, -0.05) is 23.3 Å². The molecule has 1 fully saturated rings. The molecular formula is C26H28FN5O2S. The van der Waals surface area contributed by atoms with E-state index in [2.05, 4.69) is 27.2 Å². The molecule has 5 rings (SSSR count). The molecule has 0 radical (unpaired) electrons. The van der Waals surface area contributed by atoms with Gasteiger partial charge < -0.3 is 9.26 Å². The molecule has 182 valence electrons. The van der Waals surface area contributed by atoms with Crippen LogP contribution in [0.15, 0.2) is 64.3 Å². The van der Waals surface area contributed by atoms with Crippen molar-refractivity contribution in [1.82, 2.24) is 24.8 Å². The number of aromatic nitrogens is 4. The maximum absolute atomic E-state index is 13.7. The van der Waals surface area contributed by atoms with E-state index in [-0.39, 0.29) is 11.9 Å². The number of piperidine rings is 1. The Balaban J connectivity index is 1.38. The lowest BCUT2D eigenvalue weighted by Gasteiger charge is -2.31. The van der Waals surface area contributed by atoms with Crippen LogP contribution < -0.4 is 4.74 Å². The fourth-order valence-corrected chi connectivity index (χ4v) is 5.20. The molecule has 3 heterocycles. The summed E-state index contributed by atoms with van der Waals surface area (Å²) < 4.78 is 26.5. The number of rotatable bonds is 8. The molecule has 7 nitrogen and oxygen atoms in total. The molecule has 1 saturated heterocycles. The molecule has 0 aliphatic carbocycles. The van der Waals surface area contributed by atoms with Crippen LogP contribution >= 0.6 is 11.8 Å². The molecule has 0 saturated carbocycles. The highest BCUT2D eigenvalue weighted by atomic mass is 32.2. The molecule has 0 amide bonds. The summed E-state index contributed by atoms with van der Waals surface area (Å²) in [5.41, 5.74) is 2.56. The van der Waals surface area contributed by atoms with E-state index in [4.69, 9.17) is 9.26 Å². The van der Waals surface area contributed by atoms with Gasteiger partial charge in [0.15, 0.2) is 11.0 Å². The molecular weight excluding hydrogens is 465 g/mol. The zero-order valence-electron chi connectivity index (χ0n) is 19.9. The molecule has 35 heavy (non-hydrogen) atoms. The van der Waals surface area contributed by atoms with Gasteiger partial charge in [-0.2, -0.15) is 0 Å². The average Bonchev–Trinajstić information content (AvgIpc) is 3.55. The molecule has 1 aliphatic rings. The highest BCUT2D eigenvalue weighted by Crippen LogP contribution is 2.31. The second-order valence-electron chi connectivity index (χ2n) is 8.62. The maximum atomic E-state index is 13.7. The van der Waals surface area contributed by atoms with E-state index >= 15 is 0 Å². The second-order valence-corrected chi connectivity index (χ2v) is 9.56. The number of ether oxygens (including phenoxy) is 1. The van der Waals surface area contributed by atoms with Crippen molar-refractivity contribution in [2.24, 2.45) is 0 Å². The van der Waals surface area contributed by atoms with E-state index in [9.17, 15) is 4.39 Å². The maximum Gasteiger partial charge on any atom is 0.196 e. The first-order valence-electron chi connectivity index (χ1n) is 11.8. The minimum absolute atomic E-state index is 0.106. The molecule has 2 aromatic heterocycles. The van der Waals surface area contributed by atoms with E-state index in [1.54, 1.807) is 19.2 Å². The van der Waals surface area contributed by atoms with Crippen molar-refractivity contribution in [3.05, 3.63) is 72.0 Å². The van der Waals surface area contributed by atoms with Crippen LogP contribution in [0.25, 0.3) is 16.9 Å². The molecule has 0 bridgehead atoms. The minimum atomic E-state index is -0.269. The number of thioether (sulfide) groups is 1. The monoisotopic (exact) mass is 493 g/mol. The predicted molar refractivity (Wildman–Crippen MR) is 133 cm³/mol. The van der Waals surface area contributed by atoms with E-state index in [1.165, 1.54) is 43.2 Å². The van der Waals surface area contributed by atoms with Crippen molar-refractivity contribution in [3.8, 4) is 22.7 Å². The van der Waals surface area contributed by atoms with Crippen LogP contribution in [-0.2, 0) is 5.75 Å². The van der Waals surface area contributed by atoms with Gasteiger partial charge >= 0.3 is 0 Å². The summed E-state index contributed by atoms with van der Waals surface area (Å²) in [6, 6.07) is 16.2. The zero-order chi connectivity index (χ0) is 24.2. The number of halogens is 1. The highest BCUT2D eigenvalue weighted by molar-refractivity contribution is 7.98. The minimum Gasteiger partial charge on any atom is -0.497 e. The molecule has 9 heteroatoms. The Morgan fingerprint density at radius 2 is 1.77 bits per heavy atom. The smallest absolute Gasteiger partial charge is 0.196 e. The van der Waals surface area contributed by atoms with Gasteiger partial charge in [0, 0.05) is 17.3 Å². The van der Waals surface area contributed by atoms with Gasteiger partial charge in [0.2, 0.25) is 0 Å². The van der Waals surface area contributed by atoms with E-state index < -0.39 is 0 Å². The Bertz CT molecular complexity index is 1250. The Kier molecular flexibility index (Phi) is 7.15. The summed E-state index contributed by atoms with van der Waals surface area (Å²) in [6.07, 6.45) is 3.65. The second kappa shape index (κ2) is 10.6. The number of hydrogen-bond acceptors (Lipinski definition) is 7. The van der Waals surface area contributed by atoms with Crippen LogP contribution in [0.4, 0.5) is 4.39 Å². The molecule has 2 aromatic carbocycles. The Labute approximate surface area is 208 Å². The van der Waals surface area contributed by atoms with Crippen molar-refractivity contribution in [3.63, 3.8) is 0 Å². The number of nitrogens with zero attached hydrogens (tertiary/aromatic N) is 5. The molecule has 0 spiro atoms. The van der Waals surface area contributed by atoms with E-state index in [0.29, 0.717) is 5.75 Å². The molecule has 1 aliphatic heterocycles. The first-order valence-corrected chi connectivity index (χ1v) is 12.8. The van der Waals surface area contributed by atoms with Crippen molar-refractivity contribution in [2.75, 3.05) is 20.2 Å². The lowest BCUT2D eigenvalue weighted by Crippen LogP contribution is -2.33. The fraction of sp³-hybridized carbons (Fsp3) is 0.346. The fourth-order valence-electron chi connectivity index (χ4n) is 4.36. The Hall–Kier alpha value is -3.17. The van der Waals surface area contributed by atoms with Crippen LogP contribution in [0.3, 0.4) is 0 Å². The normalized spacial score (nSPS) is 15.3. The average molecular weight is 494 g/mol. The quantitative estimate of drug-likeness (QED) is 0.283. The van der Waals surface area contributed by atoms with Crippen LogP contribution in [0.5, 0.6) is 5.75 Å². The van der Waals surface area contributed by atoms with Gasteiger partial charge in [0.1, 0.15) is 23.0 Å². The van der Waals surface area contributed by atoms with Crippen molar-refractivity contribution >= 4 is 11.8 Å². The zero-order valence-corrected chi connectivity index (χ0v) is 20.7. The van der Waals surface area contributed by atoms with E-state index in [1.807, 2.05) is 34.9 Å². The third-order valence-corrected chi connectivity index (χ3v) is 7.29. The number of benzene rings is 2. The molecule has 4 aromatic rings. The molecule has 0 N–H and O–H groups in total. The summed E-state index contributed by atoms with van der Waals surface area (Å²) >= 11 is 1.52. The van der Waals surface area contributed by atoms with Crippen LogP contribution in [0.1, 0.15) is 43.8 Å². The lowest BCUT2D eigenvalue weighted by molar-refractivity contribution is 0.167. The van der Waals surface area contributed by atoms with Crippen molar-refractivity contribution < 1.29 is 13.7 Å². The van der Waals surface area contributed by atoms with E-state index in [0.717, 1.165) is 52.5 Å². The van der Waals surface area contributed by atoms with Crippen molar-refractivity contribution in [2.45, 2.75) is 43.1 Å². The van der Waals surface area contributed by atoms with Crippen LogP contribution in [0.2, 0.25) is 0 Å². The van der Waals surface area contributed by atoms with Gasteiger partial charge in [0.25, 0.3) is 0 Å². The summed E-state index contributed by atoms with van der Waals surface area (Å²) in [5, 5.41) is 14.0. The molecule has 0 unspecified atom stereocenters. The Morgan fingerprint density at radius 1 is 1.03 bits per heavy atom. The van der Waals surface area contributed by atoms with Crippen LogP contribution in [-0.4, -0.2) is 45.0 Å². The topological polar surface area (TPSA) is 69.2 Å². The number of methoxy groups -OCH3 is 1. The third-order valence-electron chi connectivity index (χ3n) is 6.34. The van der Waals surface area contributed by atoms with Crippen LogP contribution in [0, 0.1) is 5.82 Å². The van der Waals surface area contributed by atoms with Gasteiger partial charge in [-0.15, -0.1) is 10.2 Å². The van der Waals surface area contributed by atoms with Crippen molar-refractivity contribution in [1.29, 1.82) is 0 Å². The van der Waals surface area contributed by atoms with Gasteiger partial charge in [-0.25, -0.2) is 4.39 Å². The standard InChI is InChI=1S/C26H28FN5O2S/c1-18(31-14-4-3-5-15-31)25-28-29-26(32(25)21-10-8-20(27)9-11-21)35-17-23-16-24(30-34-23)19-6-12-22(33-2)13-7-19/h6-13,16,18H,3-5,14-15,17H2,1-2H3/t18-/m0/s1. The highest BCUT2D eigenvalue weighted by Gasteiger charge is 2.25. The third kappa shape index (κ3) is 5.26. The predicted octanol–water partition coefficient (Wildman–Crippen LogP) is 5.91. The Morgan fingerprint density at radius 3 is 2.49 bits per heavy atom. The SMILES string of the molecule is COc1ccc(-c2cc(CSc3nnc([C@H](C)N4CCCCC4)n3-c3ccc(F)cc3)on2)cc1. The largest absolute Gasteiger partial charge is 0.497 e. The summed E-state index contributed by atoms with van der Waals surface area (Å²) in [7, 11) is 1.64.